The first-order valence-corrected chi connectivity index (χ1v) is 3.00. The fraction of sp³-hybridized carbons (Fsp3) is 0.667. The van der Waals surface area contributed by atoms with Gasteiger partial charge < -0.3 is 10.1 Å². The van der Waals surface area contributed by atoms with Crippen molar-refractivity contribution in [2.75, 3.05) is 7.11 Å². The molecule has 1 amide bonds. The number of amides is 1. The maximum Gasteiger partial charge on any atom is 0.252 e. The fourth-order valence-electron chi connectivity index (χ4n) is 0.924. The topological polar surface area (TPSA) is 55.4 Å². The van der Waals surface area contributed by atoms with Gasteiger partial charge in [0.05, 0.1) is 0 Å². The normalized spacial score (nSPS) is 30.8. The highest BCUT2D eigenvalue weighted by molar-refractivity contribution is 6.00. The van der Waals surface area contributed by atoms with Crippen molar-refractivity contribution in [3.05, 3.63) is 0 Å². The molecule has 0 saturated carbocycles. The number of hydrogen-bond acceptors (Lipinski definition) is 3. The number of nitrogens with one attached hydrogen (secondary N) is 1. The Labute approximate surface area is 58.5 Å². The van der Waals surface area contributed by atoms with Crippen LogP contribution >= 0.6 is 0 Å². The number of hydrogen-bond donors (Lipinski definition) is 1. The van der Waals surface area contributed by atoms with E-state index in [4.69, 9.17) is 4.74 Å². The van der Waals surface area contributed by atoms with Crippen LogP contribution in [0.3, 0.4) is 0 Å². The van der Waals surface area contributed by atoms with Gasteiger partial charge in [-0.25, -0.2) is 0 Å². The van der Waals surface area contributed by atoms with E-state index < -0.39 is 12.1 Å². The minimum atomic E-state index is -0.558. The highest BCUT2D eigenvalue weighted by Gasteiger charge is 2.42. The predicted octanol–water partition coefficient (Wildman–Crippen LogP) is -0.911. The molecule has 56 valence electrons. The standard InChI is InChI=1S/C6H9NO3/c1-3(8)4-5(10-2)6(9)7-4/h4-5H,1-2H3,(H,7,9)/t4-,5+/m1/s1. The molecule has 0 radical (unpaired) electrons. The molecule has 0 aromatic rings. The Morgan fingerprint density at radius 2 is 2.30 bits per heavy atom. The van der Waals surface area contributed by atoms with E-state index in [-0.39, 0.29) is 11.7 Å². The number of ether oxygens (including phenoxy) is 1. The summed E-state index contributed by atoms with van der Waals surface area (Å²) in [6, 6.07) is -0.419. The highest BCUT2D eigenvalue weighted by atomic mass is 16.5. The van der Waals surface area contributed by atoms with Gasteiger partial charge in [0, 0.05) is 7.11 Å². The van der Waals surface area contributed by atoms with Crippen LogP contribution in [0, 0.1) is 0 Å². The number of β-lactam (4-membered cyclic amide) rings is 1. The van der Waals surface area contributed by atoms with Crippen molar-refractivity contribution in [2.24, 2.45) is 0 Å². The number of rotatable bonds is 2. The zero-order chi connectivity index (χ0) is 7.72. The molecule has 1 saturated heterocycles. The highest BCUT2D eigenvalue weighted by Crippen LogP contribution is 2.09. The lowest BCUT2D eigenvalue weighted by Crippen LogP contribution is -2.66. The first kappa shape index (κ1) is 7.21. The number of carbonyl (C=O) groups is 2. The van der Waals surface area contributed by atoms with Crippen LogP contribution in [0.1, 0.15) is 6.92 Å². The molecule has 4 heteroatoms. The molecule has 1 aliphatic rings. The van der Waals surface area contributed by atoms with Crippen molar-refractivity contribution in [3.8, 4) is 0 Å². The summed E-state index contributed by atoms with van der Waals surface area (Å²) in [5.41, 5.74) is 0. The van der Waals surface area contributed by atoms with Crippen molar-refractivity contribution < 1.29 is 14.3 Å². The number of Topliss-reactive ketones (excluding diaryl/α,β-unsaturated/α-hetero) is 1. The Balaban J connectivity index is 2.53. The van der Waals surface area contributed by atoms with E-state index in [1.165, 1.54) is 14.0 Å². The second kappa shape index (κ2) is 2.38. The Bertz CT molecular complexity index is 170. The molecule has 0 spiro atoms. The SMILES string of the molecule is CO[C@@H]1C(=O)N[C@@H]1C(C)=O. The molecular weight excluding hydrogens is 134 g/mol. The average Bonchev–Trinajstić information content (AvgIpc) is 1.83. The molecule has 0 unspecified atom stereocenters. The third-order valence-electron chi connectivity index (χ3n) is 1.55. The van der Waals surface area contributed by atoms with Crippen LogP contribution in [0.5, 0.6) is 0 Å². The van der Waals surface area contributed by atoms with Crippen LogP contribution in [-0.2, 0) is 14.3 Å². The van der Waals surface area contributed by atoms with Crippen LogP contribution in [0.4, 0.5) is 0 Å². The molecule has 1 aliphatic heterocycles. The molecule has 1 heterocycles. The Kier molecular flexibility index (Phi) is 1.72. The second-order valence-corrected chi connectivity index (χ2v) is 2.25. The molecule has 2 atom stereocenters. The number of methoxy groups -OCH3 is 1. The van der Waals surface area contributed by atoms with Gasteiger partial charge in [0.2, 0.25) is 0 Å². The summed E-state index contributed by atoms with van der Waals surface area (Å²) >= 11 is 0. The molecule has 0 aromatic carbocycles. The number of carbonyl (C=O) groups excluding carboxylic acids is 2. The van der Waals surface area contributed by atoms with Crippen molar-refractivity contribution in [3.63, 3.8) is 0 Å². The van der Waals surface area contributed by atoms with Crippen LogP contribution in [-0.4, -0.2) is 30.9 Å². The molecular formula is C6H9NO3. The lowest BCUT2D eigenvalue weighted by molar-refractivity contribution is -0.151. The predicted molar refractivity (Wildman–Crippen MR) is 33.4 cm³/mol. The van der Waals surface area contributed by atoms with E-state index in [9.17, 15) is 9.59 Å². The summed E-state index contributed by atoms with van der Waals surface area (Å²) in [4.78, 5) is 21.2. The molecule has 10 heavy (non-hydrogen) atoms. The molecule has 0 bridgehead atoms. The zero-order valence-electron chi connectivity index (χ0n) is 5.88. The molecule has 1 rings (SSSR count). The van der Waals surface area contributed by atoms with Gasteiger partial charge in [0.25, 0.3) is 5.91 Å². The molecule has 1 fully saturated rings. The van der Waals surface area contributed by atoms with Gasteiger partial charge in [0.15, 0.2) is 11.9 Å². The molecule has 0 aliphatic carbocycles. The first-order chi connectivity index (χ1) is 4.66. The lowest BCUT2D eigenvalue weighted by atomic mass is 9.99. The van der Waals surface area contributed by atoms with Gasteiger partial charge >= 0.3 is 0 Å². The zero-order valence-corrected chi connectivity index (χ0v) is 5.88. The Morgan fingerprint density at radius 3 is 2.50 bits per heavy atom. The largest absolute Gasteiger partial charge is 0.369 e. The van der Waals surface area contributed by atoms with Gasteiger partial charge in [-0.3, -0.25) is 9.59 Å². The first-order valence-electron chi connectivity index (χ1n) is 3.00. The van der Waals surface area contributed by atoms with E-state index in [1.807, 2.05) is 0 Å². The third kappa shape index (κ3) is 0.903. The summed E-state index contributed by atoms with van der Waals surface area (Å²) in [5.74, 6) is -0.269. The average molecular weight is 143 g/mol. The van der Waals surface area contributed by atoms with E-state index in [0.29, 0.717) is 0 Å². The van der Waals surface area contributed by atoms with Crippen molar-refractivity contribution >= 4 is 11.7 Å². The van der Waals surface area contributed by atoms with E-state index in [1.54, 1.807) is 0 Å². The fourth-order valence-corrected chi connectivity index (χ4v) is 0.924. The van der Waals surface area contributed by atoms with Crippen LogP contribution in [0.15, 0.2) is 0 Å². The van der Waals surface area contributed by atoms with Gasteiger partial charge in [-0.15, -0.1) is 0 Å². The quantitative estimate of drug-likeness (QED) is 0.509. The molecule has 0 aromatic heterocycles. The van der Waals surface area contributed by atoms with Crippen LogP contribution < -0.4 is 5.32 Å². The maximum absolute atomic E-state index is 10.6. The summed E-state index contributed by atoms with van der Waals surface area (Å²) in [6.45, 7) is 1.43. The Hall–Kier alpha value is -0.900. The van der Waals surface area contributed by atoms with Crippen molar-refractivity contribution in [1.29, 1.82) is 0 Å². The van der Waals surface area contributed by atoms with Crippen molar-refractivity contribution in [2.45, 2.75) is 19.1 Å². The Morgan fingerprint density at radius 1 is 1.70 bits per heavy atom. The van der Waals surface area contributed by atoms with Crippen molar-refractivity contribution in [1.82, 2.24) is 5.32 Å². The maximum atomic E-state index is 10.6. The smallest absolute Gasteiger partial charge is 0.252 e. The summed E-state index contributed by atoms with van der Waals surface area (Å²) < 4.78 is 4.74. The minimum absolute atomic E-state index is 0.0635. The third-order valence-corrected chi connectivity index (χ3v) is 1.55. The summed E-state index contributed by atoms with van der Waals surface area (Å²) in [5, 5.41) is 2.43. The summed E-state index contributed by atoms with van der Waals surface area (Å²) in [6.07, 6.45) is -0.558. The van der Waals surface area contributed by atoms with E-state index in [0.717, 1.165) is 0 Å². The molecule has 4 nitrogen and oxygen atoms in total. The monoisotopic (exact) mass is 143 g/mol. The minimum Gasteiger partial charge on any atom is -0.369 e. The van der Waals surface area contributed by atoms with Gasteiger partial charge in [-0.1, -0.05) is 0 Å². The lowest BCUT2D eigenvalue weighted by Gasteiger charge is -2.33. The van der Waals surface area contributed by atoms with Crippen LogP contribution in [0.25, 0.3) is 0 Å². The van der Waals surface area contributed by atoms with Gasteiger partial charge in [0.1, 0.15) is 6.04 Å². The van der Waals surface area contributed by atoms with E-state index in [2.05, 4.69) is 5.32 Å². The molecule has 1 N–H and O–H groups in total. The summed E-state index contributed by atoms with van der Waals surface area (Å²) in [7, 11) is 1.42. The van der Waals surface area contributed by atoms with Crippen LogP contribution in [0.2, 0.25) is 0 Å². The van der Waals surface area contributed by atoms with Gasteiger partial charge in [-0.05, 0) is 6.92 Å². The second-order valence-electron chi connectivity index (χ2n) is 2.25. The number of ketones is 1. The van der Waals surface area contributed by atoms with Gasteiger partial charge in [-0.2, -0.15) is 0 Å². The van der Waals surface area contributed by atoms with E-state index >= 15 is 0 Å².